The summed E-state index contributed by atoms with van der Waals surface area (Å²) in [5.41, 5.74) is 3.30. The number of hydrogen-bond donors (Lipinski definition) is 1. The van der Waals surface area contributed by atoms with Crippen LogP contribution in [0, 0.1) is 0 Å². The van der Waals surface area contributed by atoms with Gasteiger partial charge in [-0.25, -0.2) is 0 Å². The standard InChI is InChI=1S/C17H18N2S/c1-17(2)18-15-11-7-6-10-14(15)16(20)19(17)12-13-8-4-3-5-9-13/h3-11,18H,12H2,1-2H3. The molecule has 20 heavy (non-hydrogen) atoms. The number of benzene rings is 2. The highest BCUT2D eigenvalue weighted by atomic mass is 32.1. The van der Waals surface area contributed by atoms with E-state index in [2.05, 4.69) is 60.5 Å². The Balaban J connectivity index is 1.97. The molecule has 0 fully saturated rings. The van der Waals surface area contributed by atoms with Crippen molar-refractivity contribution in [2.24, 2.45) is 0 Å². The maximum atomic E-state index is 5.72. The number of para-hydroxylation sites is 1. The molecule has 2 aromatic rings. The summed E-state index contributed by atoms with van der Waals surface area (Å²) in [5.74, 6) is 0. The van der Waals surface area contributed by atoms with E-state index in [1.807, 2.05) is 18.2 Å². The van der Waals surface area contributed by atoms with Crippen LogP contribution < -0.4 is 5.32 Å². The van der Waals surface area contributed by atoms with E-state index in [4.69, 9.17) is 12.2 Å². The highest BCUT2D eigenvalue weighted by Crippen LogP contribution is 2.32. The zero-order valence-electron chi connectivity index (χ0n) is 11.8. The Morgan fingerprint density at radius 3 is 2.40 bits per heavy atom. The van der Waals surface area contributed by atoms with Gasteiger partial charge in [0, 0.05) is 17.8 Å². The number of nitrogens with one attached hydrogen (secondary N) is 1. The summed E-state index contributed by atoms with van der Waals surface area (Å²) in [4.78, 5) is 3.16. The third-order valence-electron chi connectivity index (χ3n) is 3.70. The van der Waals surface area contributed by atoms with E-state index in [0.29, 0.717) is 0 Å². The van der Waals surface area contributed by atoms with E-state index in [0.717, 1.165) is 22.8 Å². The first-order valence-electron chi connectivity index (χ1n) is 6.81. The first-order chi connectivity index (χ1) is 9.58. The van der Waals surface area contributed by atoms with E-state index >= 15 is 0 Å². The van der Waals surface area contributed by atoms with Crippen molar-refractivity contribution in [3.63, 3.8) is 0 Å². The van der Waals surface area contributed by atoms with Crippen LogP contribution in [0.1, 0.15) is 25.0 Å². The molecule has 0 amide bonds. The minimum atomic E-state index is -0.193. The summed E-state index contributed by atoms with van der Waals surface area (Å²) in [6.07, 6.45) is 0. The molecule has 0 radical (unpaired) electrons. The Bertz CT molecular complexity index is 634. The molecular weight excluding hydrogens is 264 g/mol. The quantitative estimate of drug-likeness (QED) is 0.837. The van der Waals surface area contributed by atoms with Crippen LogP contribution >= 0.6 is 12.2 Å². The van der Waals surface area contributed by atoms with Crippen molar-refractivity contribution in [2.45, 2.75) is 26.1 Å². The van der Waals surface area contributed by atoms with Gasteiger partial charge in [-0.05, 0) is 31.5 Å². The SMILES string of the molecule is CC1(C)Nc2ccccc2C(=S)N1Cc1ccccc1. The predicted octanol–water partition coefficient (Wildman–Crippen LogP) is 4.03. The van der Waals surface area contributed by atoms with Crippen molar-refractivity contribution in [1.29, 1.82) is 0 Å². The number of fused-ring (bicyclic) bond motifs is 1. The number of nitrogens with zero attached hydrogens (tertiary/aromatic N) is 1. The minimum absolute atomic E-state index is 0.193. The lowest BCUT2D eigenvalue weighted by Gasteiger charge is -2.46. The van der Waals surface area contributed by atoms with Gasteiger partial charge in [0.15, 0.2) is 0 Å². The Kier molecular flexibility index (Phi) is 3.22. The third kappa shape index (κ3) is 2.29. The molecule has 0 spiro atoms. The summed E-state index contributed by atoms with van der Waals surface area (Å²) < 4.78 is 0. The van der Waals surface area contributed by atoms with Gasteiger partial charge in [-0.2, -0.15) is 0 Å². The molecule has 0 aromatic heterocycles. The fraction of sp³-hybridized carbons (Fsp3) is 0.235. The van der Waals surface area contributed by atoms with Gasteiger partial charge in [0.2, 0.25) is 0 Å². The Labute approximate surface area is 125 Å². The third-order valence-corrected chi connectivity index (χ3v) is 4.14. The van der Waals surface area contributed by atoms with Crippen LogP contribution in [0.15, 0.2) is 54.6 Å². The second kappa shape index (κ2) is 4.91. The van der Waals surface area contributed by atoms with E-state index in [1.165, 1.54) is 5.56 Å². The molecule has 0 atom stereocenters. The van der Waals surface area contributed by atoms with Gasteiger partial charge in [-0.1, -0.05) is 54.7 Å². The summed E-state index contributed by atoms with van der Waals surface area (Å²) >= 11 is 5.72. The van der Waals surface area contributed by atoms with E-state index in [9.17, 15) is 0 Å². The van der Waals surface area contributed by atoms with Gasteiger partial charge in [0.05, 0.1) is 0 Å². The van der Waals surface area contributed by atoms with Crippen LogP contribution in [0.4, 0.5) is 5.69 Å². The number of anilines is 1. The Hall–Kier alpha value is -1.87. The molecule has 1 N–H and O–H groups in total. The van der Waals surface area contributed by atoms with Crippen molar-refractivity contribution in [2.75, 3.05) is 5.32 Å². The van der Waals surface area contributed by atoms with E-state index in [1.54, 1.807) is 0 Å². The smallest absolute Gasteiger partial charge is 0.113 e. The van der Waals surface area contributed by atoms with Crippen molar-refractivity contribution in [1.82, 2.24) is 4.90 Å². The Morgan fingerprint density at radius 1 is 1.00 bits per heavy atom. The molecule has 0 saturated carbocycles. The van der Waals surface area contributed by atoms with Crippen LogP contribution in [0.25, 0.3) is 0 Å². The lowest BCUT2D eigenvalue weighted by atomic mass is 10.0. The largest absolute Gasteiger partial charge is 0.363 e. The lowest BCUT2D eigenvalue weighted by Crippen LogP contribution is -2.55. The molecule has 2 nitrogen and oxygen atoms in total. The second-order valence-corrected chi connectivity index (χ2v) is 5.99. The molecule has 2 aromatic carbocycles. The number of rotatable bonds is 2. The van der Waals surface area contributed by atoms with Crippen LogP contribution in [-0.2, 0) is 6.54 Å². The zero-order valence-corrected chi connectivity index (χ0v) is 12.6. The van der Waals surface area contributed by atoms with Crippen LogP contribution in [0.3, 0.4) is 0 Å². The molecule has 1 aliphatic rings. The van der Waals surface area contributed by atoms with Crippen molar-refractivity contribution < 1.29 is 0 Å². The van der Waals surface area contributed by atoms with Crippen molar-refractivity contribution in [3.05, 3.63) is 65.7 Å². The minimum Gasteiger partial charge on any atom is -0.363 e. The summed E-state index contributed by atoms with van der Waals surface area (Å²) in [6, 6.07) is 18.7. The number of hydrogen-bond acceptors (Lipinski definition) is 2. The average Bonchev–Trinajstić information content (AvgIpc) is 2.44. The molecule has 3 rings (SSSR count). The van der Waals surface area contributed by atoms with Crippen molar-refractivity contribution in [3.8, 4) is 0 Å². The fourth-order valence-corrected chi connectivity index (χ4v) is 3.08. The molecular formula is C17H18N2S. The monoisotopic (exact) mass is 282 g/mol. The topological polar surface area (TPSA) is 15.3 Å². The maximum absolute atomic E-state index is 5.72. The van der Waals surface area contributed by atoms with Crippen LogP contribution in [0.5, 0.6) is 0 Å². The van der Waals surface area contributed by atoms with Gasteiger partial charge >= 0.3 is 0 Å². The fourth-order valence-electron chi connectivity index (χ4n) is 2.61. The Morgan fingerprint density at radius 2 is 1.65 bits per heavy atom. The lowest BCUT2D eigenvalue weighted by molar-refractivity contribution is 0.239. The molecule has 0 unspecified atom stereocenters. The average molecular weight is 282 g/mol. The first kappa shape index (κ1) is 13.1. The number of thiocarbonyl (C=S) groups is 1. The van der Waals surface area contributed by atoms with Gasteiger partial charge in [0.1, 0.15) is 10.7 Å². The van der Waals surface area contributed by atoms with E-state index in [-0.39, 0.29) is 5.66 Å². The second-order valence-electron chi connectivity index (χ2n) is 5.61. The van der Waals surface area contributed by atoms with Crippen LogP contribution in [-0.4, -0.2) is 15.6 Å². The molecule has 0 saturated heterocycles. The summed E-state index contributed by atoms with van der Waals surface area (Å²) in [6.45, 7) is 5.14. The zero-order chi connectivity index (χ0) is 14.2. The molecule has 0 aliphatic carbocycles. The molecule has 3 heteroatoms. The van der Waals surface area contributed by atoms with Gasteiger partial charge in [-0.15, -0.1) is 0 Å². The highest BCUT2D eigenvalue weighted by Gasteiger charge is 2.34. The molecule has 1 aliphatic heterocycles. The maximum Gasteiger partial charge on any atom is 0.113 e. The normalized spacial score (nSPS) is 16.5. The van der Waals surface area contributed by atoms with Gasteiger partial charge in [0.25, 0.3) is 0 Å². The van der Waals surface area contributed by atoms with Gasteiger partial charge in [-0.3, -0.25) is 0 Å². The van der Waals surface area contributed by atoms with Gasteiger partial charge < -0.3 is 10.2 Å². The molecule has 102 valence electrons. The molecule has 1 heterocycles. The van der Waals surface area contributed by atoms with Crippen molar-refractivity contribution >= 4 is 22.9 Å². The predicted molar refractivity (Wildman–Crippen MR) is 87.8 cm³/mol. The highest BCUT2D eigenvalue weighted by molar-refractivity contribution is 7.80. The molecule has 0 bridgehead atoms. The van der Waals surface area contributed by atoms with E-state index < -0.39 is 0 Å². The summed E-state index contributed by atoms with van der Waals surface area (Å²) in [5, 5.41) is 3.58. The summed E-state index contributed by atoms with van der Waals surface area (Å²) in [7, 11) is 0. The van der Waals surface area contributed by atoms with Crippen LogP contribution in [0.2, 0.25) is 0 Å². The first-order valence-corrected chi connectivity index (χ1v) is 7.22.